The number of ether oxygens (including phenoxy) is 1. The summed E-state index contributed by atoms with van der Waals surface area (Å²) in [6.45, 7) is 5.65. The first kappa shape index (κ1) is 27.6. The Morgan fingerprint density at radius 1 is 1.03 bits per heavy atom. The van der Waals surface area contributed by atoms with E-state index in [1.165, 1.54) is 23.5 Å². The summed E-state index contributed by atoms with van der Waals surface area (Å²) < 4.78 is 32.9. The number of thioether (sulfide) groups is 1. The molecule has 0 saturated carbocycles. The second kappa shape index (κ2) is 11.9. The van der Waals surface area contributed by atoms with Gasteiger partial charge in [-0.2, -0.15) is 0 Å². The number of nitrogens with zero attached hydrogens (tertiary/aromatic N) is 3. The zero-order chi connectivity index (χ0) is 27.3. The van der Waals surface area contributed by atoms with Crippen molar-refractivity contribution in [3.63, 3.8) is 0 Å². The van der Waals surface area contributed by atoms with Gasteiger partial charge in [0.15, 0.2) is 20.8 Å². The van der Waals surface area contributed by atoms with Crippen LogP contribution >= 0.6 is 23.1 Å². The van der Waals surface area contributed by atoms with Crippen molar-refractivity contribution in [2.45, 2.75) is 36.6 Å². The molecule has 0 unspecified atom stereocenters. The molecule has 0 aliphatic heterocycles. The molecule has 0 fully saturated rings. The predicted octanol–water partition coefficient (Wildman–Crippen LogP) is 4.83. The van der Waals surface area contributed by atoms with Crippen molar-refractivity contribution in [2.24, 2.45) is 0 Å². The third-order valence-electron chi connectivity index (χ3n) is 5.59. The molecule has 1 N–H and O–H groups in total. The number of esters is 1. The zero-order valence-electron chi connectivity index (χ0n) is 21.0. The molecule has 2 heterocycles. The molecule has 198 valence electrons. The number of aryl methyl sites for hydroxylation is 1. The number of anilines is 1. The van der Waals surface area contributed by atoms with E-state index in [4.69, 9.17) is 4.74 Å². The molecule has 12 heteroatoms. The Hall–Kier alpha value is -3.48. The van der Waals surface area contributed by atoms with Crippen LogP contribution in [0.25, 0.3) is 5.69 Å². The second-order valence-electron chi connectivity index (χ2n) is 8.19. The van der Waals surface area contributed by atoms with Gasteiger partial charge in [-0.3, -0.25) is 9.36 Å². The molecular weight excluding hydrogens is 545 g/mol. The van der Waals surface area contributed by atoms with Crippen molar-refractivity contribution in [1.29, 1.82) is 0 Å². The van der Waals surface area contributed by atoms with Crippen molar-refractivity contribution in [1.82, 2.24) is 14.8 Å². The van der Waals surface area contributed by atoms with Crippen molar-refractivity contribution < 1.29 is 22.7 Å². The minimum atomic E-state index is -3.68. The fraction of sp³-hybridized carbons (Fsp3) is 0.231. The number of thiophene rings is 1. The van der Waals surface area contributed by atoms with E-state index in [0.29, 0.717) is 21.4 Å². The van der Waals surface area contributed by atoms with E-state index in [9.17, 15) is 18.0 Å². The minimum absolute atomic E-state index is 0.0331. The Morgan fingerprint density at radius 2 is 1.68 bits per heavy atom. The Morgan fingerprint density at radius 3 is 2.34 bits per heavy atom. The van der Waals surface area contributed by atoms with E-state index in [1.54, 1.807) is 29.7 Å². The average molecular weight is 571 g/mol. The van der Waals surface area contributed by atoms with E-state index in [-0.39, 0.29) is 34.7 Å². The van der Waals surface area contributed by atoms with E-state index < -0.39 is 15.8 Å². The van der Waals surface area contributed by atoms with Crippen LogP contribution in [0.15, 0.2) is 70.7 Å². The lowest BCUT2D eigenvalue weighted by Crippen LogP contribution is -2.17. The van der Waals surface area contributed by atoms with Crippen LogP contribution in [0, 0.1) is 13.8 Å². The van der Waals surface area contributed by atoms with Gasteiger partial charge in [0.1, 0.15) is 10.8 Å². The van der Waals surface area contributed by atoms with Crippen LogP contribution in [-0.2, 0) is 25.1 Å². The number of nitrogens with one attached hydrogen (secondary N) is 1. The van der Waals surface area contributed by atoms with Crippen LogP contribution in [0.1, 0.15) is 33.5 Å². The first-order valence-corrected chi connectivity index (χ1v) is 15.1. The van der Waals surface area contributed by atoms with E-state index in [0.717, 1.165) is 22.2 Å². The maximum Gasteiger partial charge on any atom is 0.341 e. The summed E-state index contributed by atoms with van der Waals surface area (Å²) in [4.78, 5) is 26.4. The predicted molar refractivity (Wildman–Crippen MR) is 148 cm³/mol. The quantitative estimate of drug-likeness (QED) is 0.213. The van der Waals surface area contributed by atoms with Gasteiger partial charge in [0.05, 0.1) is 22.8 Å². The summed E-state index contributed by atoms with van der Waals surface area (Å²) in [5.41, 5.74) is 1.80. The lowest BCUT2D eigenvalue weighted by atomic mass is 10.1. The second-order valence-corrected chi connectivity index (χ2v) is 12.3. The smallest absolute Gasteiger partial charge is 0.341 e. The van der Waals surface area contributed by atoms with Gasteiger partial charge in [0.2, 0.25) is 5.91 Å². The van der Waals surface area contributed by atoms with Gasteiger partial charge >= 0.3 is 5.97 Å². The topological polar surface area (TPSA) is 120 Å². The van der Waals surface area contributed by atoms with E-state index in [2.05, 4.69) is 15.5 Å². The van der Waals surface area contributed by atoms with Gasteiger partial charge in [0.25, 0.3) is 0 Å². The Bertz CT molecular complexity index is 1550. The summed E-state index contributed by atoms with van der Waals surface area (Å²) in [5, 5.41) is 12.0. The molecule has 0 aliphatic carbocycles. The normalized spacial score (nSPS) is 11.3. The fourth-order valence-electron chi connectivity index (χ4n) is 3.66. The first-order chi connectivity index (χ1) is 18.2. The summed E-state index contributed by atoms with van der Waals surface area (Å²) in [6, 6.07) is 17.3. The molecular formula is C26H26N4O5S3. The number of para-hydroxylation sites is 1. The van der Waals surface area contributed by atoms with Gasteiger partial charge in [0, 0.05) is 10.6 Å². The number of hydrogen-bond acceptors (Lipinski definition) is 9. The molecule has 1 amide bonds. The van der Waals surface area contributed by atoms with Crippen LogP contribution < -0.4 is 5.32 Å². The standard InChI is InChI=1S/C26H26N4O5S3/c1-4-35-25(32)23-17(2)18(3)37-24(23)27-22(31)15-36-26-29-28-21(30(26)19-11-7-5-8-12-19)16-38(33,34)20-13-9-6-10-14-20/h5-14H,4,15-16H2,1-3H3,(H,27,31). The zero-order valence-corrected chi connectivity index (χ0v) is 23.5. The number of sulfone groups is 1. The minimum Gasteiger partial charge on any atom is -0.462 e. The van der Waals surface area contributed by atoms with Crippen LogP contribution in [0.3, 0.4) is 0 Å². The molecule has 0 spiro atoms. The summed E-state index contributed by atoms with van der Waals surface area (Å²) >= 11 is 2.43. The highest BCUT2D eigenvalue weighted by molar-refractivity contribution is 7.99. The average Bonchev–Trinajstić information content (AvgIpc) is 3.42. The van der Waals surface area contributed by atoms with Gasteiger partial charge in [-0.15, -0.1) is 21.5 Å². The molecule has 0 saturated heterocycles. The fourth-order valence-corrected chi connectivity index (χ4v) is 6.76. The van der Waals surface area contributed by atoms with Crippen LogP contribution in [0.2, 0.25) is 0 Å². The monoisotopic (exact) mass is 570 g/mol. The van der Waals surface area contributed by atoms with Gasteiger partial charge in [-0.05, 0) is 50.6 Å². The third kappa shape index (κ3) is 6.14. The Kier molecular flexibility index (Phi) is 8.65. The number of amides is 1. The van der Waals surface area contributed by atoms with Gasteiger partial charge in [-0.25, -0.2) is 13.2 Å². The van der Waals surface area contributed by atoms with Crippen LogP contribution in [0.4, 0.5) is 5.00 Å². The molecule has 2 aromatic carbocycles. The van der Waals surface area contributed by atoms with E-state index >= 15 is 0 Å². The van der Waals surface area contributed by atoms with Crippen molar-refractivity contribution >= 4 is 49.8 Å². The van der Waals surface area contributed by atoms with Gasteiger partial charge in [-0.1, -0.05) is 48.2 Å². The lowest BCUT2D eigenvalue weighted by molar-refractivity contribution is -0.113. The largest absolute Gasteiger partial charge is 0.462 e. The highest BCUT2D eigenvalue weighted by Gasteiger charge is 2.24. The molecule has 2 aromatic heterocycles. The third-order valence-corrected chi connectivity index (χ3v) is 9.27. The molecule has 0 atom stereocenters. The highest BCUT2D eigenvalue weighted by atomic mass is 32.2. The van der Waals surface area contributed by atoms with Crippen LogP contribution in [-0.4, -0.2) is 47.4 Å². The summed E-state index contributed by atoms with van der Waals surface area (Å²) in [6.07, 6.45) is 0. The number of carbonyl (C=O) groups excluding carboxylic acids is 2. The molecule has 0 bridgehead atoms. The molecule has 4 rings (SSSR count). The molecule has 38 heavy (non-hydrogen) atoms. The maximum absolute atomic E-state index is 13.0. The summed E-state index contributed by atoms with van der Waals surface area (Å²) in [7, 11) is -3.68. The summed E-state index contributed by atoms with van der Waals surface area (Å²) in [5.74, 6) is -0.984. The highest BCUT2D eigenvalue weighted by Crippen LogP contribution is 2.33. The number of hydrogen-bond donors (Lipinski definition) is 1. The van der Waals surface area contributed by atoms with Crippen molar-refractivity contribution in [3.05, 3.63) is 82.5 Å². The first-order valence-electron chi connectivity index (χ1n) is 11.7. The number of rotatable bonds is 10. The van der Waals surface area contributed by atoms with Crippen LogP contribution in [0.5, 0.6) is 0 Å². The Balaban J connectivity index is 1.56. The number of aromatic nitrogens is 3. The maximum atomic E-state index is 13.0. The lowest BCUT2D eigenvalue weighted by Gasteiger charge is -2.11. The SMILES string of the molecule is CCOC(=O)c1c(NC(=O)CSc2nnc(CS(=O)(=O)c3ccccc3)n2-c2ccccc2)sc(C)c1C. The number of carbonyl (C=O) groups is 2. The Labute approximate surface area is 229 Å². The molecule has 0 aliphatic rings. The number of benzene rings is 2. The van der Waals surface area contributed by atoms with Crippen molar-refractivity contribution in [2.75, 3.05) is 17.7 Å². The van der Waals surface area contributed by atoms with E-state index in [1.807, 2.05) is 44.2 Å². The molecule has 0 radical (unpaired) electrons. The van der Waals surface area contributed by atoms with Crippen molar-refractivity contribution in [3.8, 4) is 5.69 Å². The molecule has 4 aromatic rings. The van der Waals surface area contributed by atoms with Gasteiger partial charge < -0.3 is 10.1 Å². The molecule has 9 nitrogen and oxygen atoms in total.